The van der Waals surface area contributed by atoms with Gasteiger partial charge in [-0.2, -0.15) is 5.10 Å². The third kappa shape index (κ3) is 2.73. The second-order valence-electron chi connectivity index (χ2n) is 3.94. The SMILES string of the molecule is CSc1ccccc1/C(=N/N(C)C)n1ccnc1. The van der Waals surface area contributed by atoms with Crippen molar-refractivity contribution in [1.82, 2.24) is 14.6 Å². The normalized spacial score (nSPS) is 11.6. The Balaban J connectivity index is 2.54. The maximum atomic E-state index is 4.56. The molecule has 0 saturated carbocycles. The minimum Gasteiger partial charge on any atom is -0.301 e. The number of hydrogen-bond acceptors (Lipinski definition) is 4. The average molecular weight is 260 g/mol. The summed E-state index contributed by atoms with van der Waals surface area (Å²) in [4.78, 5) is 5.29. The molecule has 0 amide bonds. The predicted molar refractivity (Wildman–Crippen MR) is 76.1 cm³/mol. The Kier molecular flexibility index (Phi) is 4.04. The first kappa shape index (κ1) is 12.7. The molecule has 1 aromatic carbocycles. The predicted octanol–water partition coefficient (Wildman–Crippen LogP) is 2.38. The minimum atomic E-state index is 0.877. The van der Waals surface area contributed by atoms with E-state index >= 15 is 0 Å². The Morgan fingerprint density at radius 1 is 1.33 bits per heavy atom. The van der Waals surface area contributed by atoms with Crippen LogP contribution in [0.5, 0.6) is 0 Å². The third-order valence-corrected chi connectivity index (χ3v) is 3.19. The summed E-state index contributed by atoms with van der Waals surface area (Å²) in [6.07, 6.45) is 7.49. The molecule has 4 nitrogen and oxygen atoms in total. The van der Waals surface area contributed by atoms with Gasteiger partial charge in [-0.15, -0.1) is 11.8 Å². The number of benzene rings is 1. The lowest BCUT2D eigenvalue weighted by Gasteiger charge is -2.14. The van der Waals surface area contributed by atoms with Crippen LogP contribution in [0.3, 0.4) is 0 Å². The second kappa shape index (κ2) is 5.73. The fourth-order valence-corrected chi connectivity index (χ4v) is 2.24. The molecule has 1 aromatic heterocycles. The lowest BCUT2D eigenvalue weighted by atomic mass is 10.2. The summed E-state index contributed by atoms with van der Waals surface area (Å²) in [6.45, 7) is 0. The zero-order valence-corrected chi connectivity index (χ0v) is 11.6. The molecule has 1 heterocycles. The van der Waals surface area contributed by atoms with Gasteiger partial charge in [-0.1, -0.05) is 18.2 Å². The molecule has 0 bridgehead atoms. The summed E-state index contributed by atoms with van der Waals surface area (Å²) in [5.41, 5.74) is 1.11. The summed E-state index contributed by atoms with van der Waals surface area (Å²) in [5.74, 6) is 0.877. The summed E-state index contributed by atoms with van der Waals surface area (Å²) in [5, 5.41) is 6.36. The highest BCUT2D eigenvalue weighted by Gasteiger charge is 2.10. The van der Waals surface area contributed by atoms with E-state index in [1.54, 1.807) is 29.3 Å². The van der Waals surface area contributed by atoms with Crippen LogP contribution in [0.25, 0.3) is 0 Å². The fraction of sp³-hybridized carbons (Fsp3) is 0.231. The number of rotatable bonds is 3. The van der Waals surface area contributed by atoms with Crippen LogP contribution in [0.2, 0.25) is 0 Å². The summed E-state index contributed by atoms with van der Waals surface area (Å²) >= 11 is 1.72. The summed E-state index contributed by atoms with van der Waals surface area (Å²) < 4.78 is 1.93. The van der Waals surface area contributed by atoms with Gasteiger partial charge in [0.2, 0.25) is 0 Å². The van der Waals surface area contributed by atoms with Gasteiger partial charge in [0.25, 0.3) is 0 Å². The molecule has 18 heavy (non-hydrogen) atoms. The Labute approximate surface area is 111 Å². The second-order valence-corrected chi connectivity index (χ2v) is 4.79. The van der Waals surface area contributed by atoms with Gasteiger partial charge in [-0.05, 0) is 12.3 Å². The van der Waals surface area contributed by atoms with Gasteiger partial charge in [0.15, 0.2) is 5.84 Å². The molecule has 0 spiro atoms. The number of nitrogens with zero attached hydrogens (tertiary/aromatic N) is 4. The molecule has 0 atom stereocenters. The lowest BCUT2D eigenvalue weighted by molar-refractivity contribution is 0.435. The van der Waals surface area contributed by atoms with Gasteiger partial charge in [0, 0.05) is 36.9 Å². The zero-order valence-electron chi connectivity index (χ0n) is 10.7. The van der Waals surface area contributed by atoms with Crippen LogP contribution in [0, 0.1) is 0 Å². The van der Waals surface area contributed by atoms with E-state index in [1.165, 1.54) is 4.90 Å². The van der Waals surface area contributed by atoms with E-state index < -0.39 is 0 Å². The highest BCUT2D eigenvalue weighted by atomic mass is 32.2. The van der Waals surface area contributed by atoms with E-state index in [2.05, 4.69) is 28.5 Å². The molecule has 0 aliphatic heterocycles. The quantitative estimate of drug-likeness (QED) is 0.368. The molecule has 0 radical (unpaired) electrons. The number of aromatic nitrogens is 2. The van der Waals surface area contributed by atoms with Gasteiger partial charge < -0.3 is 5.01 Å². The van der Waals surface area contributed by atoms with E-state index in [-0.39, 0.29) is 0 Å². The van der Waals surface area contributed by atoms with Crippen LogP contribution >= 0.6 is 11.8 Å². The van der Waals surface area contributed by atoms with Crippen LogP contribution < -0.4 is 0 Å². The fourth-order valence-electron chi connectivity index (χ4n) is 1.65. The highest BCUT2D eigenvalue weighted by Crippen LogP contribution is 2.21. The van der Waals surface area contributed by atoms with Crippen molar-refractivity contribution in [3.05, 3.63) is 48.5 Å². The smallest absolute Gasteiger partial charge is 0.166 e. The van der Waals surface area contributed by atoms with E-state index in [4.69, 9.17) is 0 Å². The highest BCUT2D eigenvalue weighted by molar-refractivity contribution is 7.98. The van der Waals surface area contributed by atoms with Crippen molar-refractivity contribution in [2.24, 2.45) is 5.10 Å². The number of thioether (sulfide) groups is 1. The molecule has 5 heteroatoms. The molecule has 0 saturated heterocycles. The van der Waals surface area contributed by atoms with Crippen molar-refractivity contribution in [3.63, 3.8) is 0 Å². The zero-order chi connectivity index (χ0) is 13.0. The topological polar surface area (TPSA) is 33.4 Å². The van der Waals surface area contributed by atoms with E-state index in [0.717, 1.165) is 11.4 Å². The summed E-state index contributed by atoms with van der Waals surface area (Å²) in [7, 11) is 3.83. The molecule has 2 rings (SSSR count). The van der Waals surface area contributed by atoms with E-state index in [1.807, 2.05) is 37.0 Å². The largest absolute Gasteiger partial charge is 0.301 e. The van der Waals surface area contributed by atoms with Crippen molar-refractivity contribution in [1.29, 1.82) is 0 Å². The molecule has 94 valence electrons. The Hall–Kier alpha value is -1.75. The molecule has 0 aliphatic rings. The van der Waals surface area contributed by atoms with Crippen molar-refractivity contribution in [2.45, 2.75) is 4.90 Å². The van der Waals surface area contributed by atoms with Crippen molar-refractivity contribution in [3.8, 4) is 0 Å². The van der Waals surface area contributed by atoms with Crippen LogP contribution in [0.1, 0.15) is 5.56 Å². The first-order chi connectivity index (χ1) is 8.72. The maximum absolute atomic E-state index is 4.56. The molecule has 0 aliphatic carbocycles. The maximum Gasteiger partial charge on any atom is 0.166 e. The Morgan fingerprint density at radius 3 is 2.72 bits per heavy atom. The molecule has 0 unspecified atom stereocenters. The number of hydrazone groups is 1. The van der Waals surface area contributed by atoms with Gasteiger partial charge >= 0.3 is 0 Å². The Morgan fingerprint density at radius 2 is 2.11 bits per heavy atom. The Bertz CT molecular complexity index is 532. The summed E-state index contributed by atoms with van der Waals surface area (Å²) in [6, 6.07) is 8.24. The third-order valence-electron chi connectivity index (χ3n) is 2.39. The van der Waals surface area contributed by atoms with Crippen LogP contribution in [-0.2, 0) is 0 Å². The molecule has 0 N–H and O–H groups in total. The molecular weight excluding hydrogens is 244 g/mol. The van der Waals surface area contributed by atoms with Gasteiger partial charge in [-0.25, -0.2) is 4.98 Å². The lowest BCUT2D eigenvalue weighted by Crippen LogP contribution is -2.17. The van der Waals surface area contributed by atoms with Gasteiger partial charge in [0.1, 0.15) is 6.33 Å². The van der Waals surface area contributed by atoms with E-state index in [0.29, 0.717) is 0 Å². The first-order valence-corrected chi connectivity index (χ1v) is 6.82. The van der Waals surface area contributed by atoms with Crippen LogP contribution in [-0.4, -0.2) is 40.7 Å². The average Bonchev–Trinajstić information content (AvgIpc) is 2.89. The van der Waals surface area contributed by atoms with Crippen molar-refractivity contribution in [2.75, 3.05) is 20.4 Å². The van der Waals surface area contributed by atoms with E-state index in [9.17, 15) is 0 Å². The monoisotopic (exact) mass is 260 g/mol. The molecular formula is C13H16N4S. The van der Waals surface area contributed by atoms with Crippen LogP contribution in [0.15, 0.2) is 53.0 Å². The first-order valence-electron chi connectivity index (χ1n) is 5.60. The minimum absolute atomic E-state index is 0.877. The number of hydrogen-bond donors (Lipinski definition) is 0. The van der Waals surface area contributed by atoms with Crippen LogP contribution in [0.4, 0.5) is 0 Å². The van der Waals surface area contributed by atoms with Crippen molar-refractivity contribution < 1.29 is 0 Å². The van der Waals surface area contributed by atoms with Gasteiger partial charge in [-0.3, -0.25) is 4.57 Å². The van der Waals surface area contributed by atoms with Crippen molar-refractivity contribution >= 4 is 17.6 Å². The molecule has 2 aromatic rings. The molecule has 0 fully saturated rings. The standard InChI is InChI=1S/C13H16N4S/c1-16(2)15-13(17-9-8-14-10-17)11-6-4-5-7-12(11)18-3/h4-10H,1-3H3/b15-13-. The number of imidazole rings is 1. The van der Waals surface area contributed by atoms with Gasteiger partial charge in [0.05, 0.1) is 0 Å².